The molecule has 2 N–H and O–H groups in total. The molecule has 1 heterocycles. The molecule has 1 aliphatic heterocycles. The summed E-state index contributed by atoms with van der Waals surface area (Å²) in [5.41, 5.74) is 2.35. The van der Waals surface area contributed by atoms with Gasteiger partial charge < -0.3 is 20.1 Å². The molecule has 0 aliphatic carbocycles. The van der Waals surface area contributed by atoms with Crippen LogP contribution in [0.2, 0.25) is 0 Å². The molecule has 0 spiro atoms. The number of nitrogens with zero attached hydrogens (tertiary/aromatic N) is 1. The van der Waals surface area contributed by atoms with Gasteiger partial charge in [-0.25, -0.2) is 4.79 Å². The topological polar surface area (TPSA) is 61.8 Å². The van der Waals surface area contributed by atoms with Crippen molar-refractivity contribution in [1.29, 1.82) is 0 Å². The minimum Gasteiger partial charge on any atom is -0.490 e. The fourth-order valence-electron chi connectivity index (χ4n) is 2.96. The lowest BCUT2D eigenvalue weighted by Crippen LogP contribution is -2.48. The van der Waals surface area contributed by atoms with Crippen molar-refractivity contribution in [3.05, 3.63) is 29.3 Å². The lowest BCUT2D eigenvalue weighted by Gasteiger charge is -2.33. The molecule has 5 nitrogen and oxygen atoms in total. The van der Waals surface area contributed by atoms with E-state index < -0.39 is 0 Å². The molecule has 24 heavy (non-hydrogen) atoms. The highest BCUT2D eigenvalue weighted by atomic mass is 16.5. The summed E-state index contributed by atoms with van der Waals surface area (Å²) in [4.78, 5) is 14.1. The summed E-state index contributed by atoms with van der Waals surface area (Å²) in [7, 11) is 0. The van der Waals surface area contributed by atoms with E-state index in [1.165, 1.54) is 5.56 Å². The van der Waals surface area contributed by atoms with Crippen molar-refractivity contribution in [3.63, 3.8) is 0 Å². The van der Waals surface area contributed by atoms with Gasteiger partial charge in [-0.05, 0) is 50.8 Å². The molecule has 1 atom stereocenters. The number of hydrogen-bond donors (Lipinski definition) is 2. The molecule has 0 bridgehead atoms. The minimum atomic E-state index is -0.00868. The predicted octanol–water partition coefficient (Wildman–Crippen LogP) is 3.02. The van der Waals surface area contributed by atoms with Crippen LogP contribution in [0.15, 0.2) is 18.2 Å². The third kappa shape index (κ3) is 5.41. The van der Waals surface area contributed by atoms with E-state index in [4.69, 9.17) is 9.84 Å². The zero-order valence-corrected chi connectivity index (χ0v) is 15.0. The predicted molar refractivity (Wildman–Crippen MR) is 95.5 cm³/mol. The zero-order chi connectivity index (χ0) is 17.5. The van der Waals surface area contributed by atoms with Gasteiger partial charge in [0.15, 0.2) is 0 Å². The van der Waals surface area contributed by atoms with Crippen LogP contribution >= 0.6 is 0 Å². The number of aliphatic hydroxyl groups excluding tert-OH is 1. The quantitative estimate of drug-likeness (QED) is 0.840. The average molecular weight is 334 g/mol. The summed E-state index contributed by atoms with van der Waals surface area (Å²) in [5, 5.41) is 11.8. The molecule has 2 amide bonds. The maximum Gasteiger partial charge on any atom is 0.317 e. The van der Waals surface area contributed by atoms with E-state index in [1.54, 1.807) is 0 Å². The Morgan fingerprint density at radius 3 is 2.75 bits per heavy atom. The van der Waals surface area contributed by atoms with E-state index in [-0.39, 0.29) is 24.8 Å². The molecule has 1 aliphatic rings. The summed E-state index contributed by atoms with van der Waals surface area (Å²) >= 11 is 0. The van der Waals surface area contributed by atoms with Crippen LogP contribution in [-0.2, 0) is 0 Å². The Labute approximate surface area is 145 Å². The molecule has 134 valence electrons. The van der Waals surface area contributed by atoms with E-state index in [9.17, 15) is 4.79 Å². The van der Waals surface area contributed by atoms with Crippen LogP contribution in [0.4, 0.5) is 4.79 Å². The monoisotopic (exact) mass is 334 g/mol. The number of likely N-dealkylation sites (tertiary alicyclic amines) is 1. The van der Waals surface area contributed by atoms with Crippen molar-refractivity contribution in [2.45, 2.75) is 58.6 Å². The van der Waals surface area contributed by atoms with Crippen molar-refractivity contribution in [2.75, 3.05) is 19.7 Å². The van der Waals surface area contributed by atoms with Gasteiger partial charge in [0.2, 0.25) is 0 Å². The molecule has 5 heteroatoms. The Morgan fingerprint density at radius 1 is 1.38 bits per heavy atom. The highest BCUT2D eigenvalue weighted by molar-refractivity contribution is 5.74. The van der Waals surface area contributed by atoms with Gasteiger partial charge >= 0.3 is 6.03 Å². The lowest BCUT2D eigenvalue weighted by molar-refractivity contribution is 0.109. The average Bonchev–Trinajstić information content (AvgIpc) is 2.57. The van der Waals surface area contributed by atoms with Gasteiger partial charge in [-0.2, -0.15) is 0 Å². The maximum absolute atomic E-state index is 12.2. The van der Waals surface area contributed by atoms with Crippen molar-refractivity contribution < 1.29 is 14.6 Å². The van der Waals surface area contributed by atoms with E-state index in [0.717, 1.165) is 30.6 Å². The lowest BCUT2D eigenvalue weighted by atomic mass is 10.1. The van der Waals surface area contributed by atoms with Gasteiger partial charge in [0.1, 0.15) is 11.9 Å². The minimum absolute atomic E-state index is 0.00868. The Kier molecular flexibility index (Phi) is 6.91. The Bertz CT molecular complexity index is 539. The van der Waals surface area contributed by atoms with Crippen molar-refractivity contribution in [2.24, 2.45) is 0 Å². The smallest absolute Gasteiger partial charge is 0.317 e. The summed E-state index contributed by atoms with van der Waals surface area (Å²) in [5.74, 6) is 0.954. The zero-order valence-electron chi connectivity index (χ0n) is 15.0. The number of benzene rings is 1. The standard InChI is InChI=1S/C19H30N2O3/c1-14-6-7-15(2)18(13-14)24-17-8-10-21(11-9-17)19(23)20-16(3)5-4-12-22/h6-7,13,16-17,22H,4-5,8-12H2,1-3H3,(H,20,23). The highest BCUT2D eigenvalue weighted by Crippen LogP contribution is 2.24. The molecule has 1 aromatic rings. The number of aryl methyl sites for hydroxylation is 2. The van der Waals surface area contributed by atoms with Gasteiger partial charge in [0.05, 0.1) is 0 Å². The number of carbonyl (C=O) groups is 1. The summed E-state index contributed by atoms with van der Waals surface area (Å²) in [6.45, 7) is 7.70. The van der Waals surface area contributed by atoms with Crippen LogP contribution in [0, 0.1) is 13.8 Å². The second kappa shape index (κ2) is 8.92. The number of carbonyl (C=O) groups excluding carboxylic acids is 1. The Balaban J connectivity index is 1.78. The molecule has 1 aromatic carbocycles. The van der Waals surface area contributed by atoms with Gasteiger partial charge in [0, 0.05) is 38.6 Å². The second-order valence-corrected chi connectivity index (χ2v) is 6.79. The SMILES string of the molecule is Cc1ccc(C)c(OC2CCN(C(=O)NC(C)CCCO)CC2)c1. The van der Waals surface area contributed by atoms with Crippen LogP contribution in [0.3, 0.4) is 0 Å². The van der Waals surface area contributed by atoms with Crippen LogP contribution in [0.1, 0.15) is 43.7 Å². The van der Waals surface area contributed by atoms with E-state index in [1.807, 2.05) is 11.8 Å². The number of hydrogen-bond acceptors (Lipinski definition) is 3. The third-order valence-electron chi connectivity index (χ3n) is 4.53. The number of piperidine rings is 1. The first-order chi connectivity index (χ1) is 11.5. The molecule has 1 fully saturated rings. The van der Waals surface area contributed by atoms with Crippen LogP contribution in [-0.4, -0.2) is 47.9 Å². The highest BCUT2D eigenvalue weighted by Gasteiger charge is 2.24. The Morgan fingerprint density at radius 2 is 2.08 bits per heavy atom. The fraction of sp³-hybridized carbons (Fsp3) is 0.632. The normalized spacial score (nSPS) is 16.8. The number of rotatable bonds is 6. The number of ether oxygens (including phenoxy) is 1. The molecule has 0 aromatic heterocycles. The van der Waals surface area contributed by atoms with E-state index in [2.05, 4.69) is 37.4 Å². The number of aliphatic hydroxyl groups is 1. The van der Waals surface area contributed by atoms with Gasteiger partial charge in [-0.15, -0.1) is 0 Å². The molecular formula is C19H30N2O3. The fourth-order valence-corrected chi connectivity index (χ4v) is 2.96. The number of urea groups is 1. The van der Waals surface area contributed by atoms with Gasteiger partial charge in [-0.1, -0.05) is 12.1 Å². The van der Waals surface area contributed by atoms with Gasteiger partial charge in [0.25, 0.3) is 0 Å². The van der Waals surface area contributed by atoms with E-state index >= 15 is 0 Å². The number of nitrogens with one attached hydrogen (secondary N) is 1. The molecule has 0 saturated carbocycles. The van der Waals surface area contributed by atoms with Crippen LogP contribution in [0.5, 0.6) is 5.75 Å². The first-order valence-electron chi connectivity index (χ1n) is 8.90. The van der Waals surface area contributed by atoms with Crippen molar-refractivity contribution in [3.8, 4) is 5.75 Å². The molecule has 1 unspecified atom stereocenters. The van der Waals surface area contributed by atoms with Crippen molar-refractivity contribution in [1.82, 2.24) is 10.2 Å². The van der Waals surface area contributed by atoms with Gasteiger partial charge in [-0.3, -0.25) is 0 Å². The summed E-state index contributed by atoms with van der Waals surface area (Å²) in [6.07, 6.45) is 3.39. The molecule has 1 saturated heterocycles. The number of amides is 2. The maximum atomic E-state index is 12.2. The largest absolute Gasteiger partial charge is 0.490 e. The first kappa shape index (κ1) is 18.6. The third-order valence-corrected chi connectivity index (χ3v) is 4.53. The first-order valence-corrected chi connectivity index (χ1v) is 8.90. The molecular weight excluding hydrogens is 304 g/mol. The van der Waals surface area contributed by atoms with Crippen LogP contribution in [0.25, 0.3) is 0 Å². The molecule has 0 radical (unpaired) electrons. The molecule has 2 rings (SSSR count). The summed E-state index contributed by atoms with van der Waals surface area (Å²) < 4.78 is 6.14. The second-order valence-electron chi connectivity index (χ2n) is 6.79. The van der Waals surface area contributed by atoms with Crippen molar-refractivity contribution >= 4 is 6.03 Å². The van der Waals surface area contributed by atoms with E-state index in [0.29, 0.717) is 19.5 Å². The van der Waals surface area contributed by atoms with Crippen LogP contribution < -0.4 is 10.1 Å². The summed E-state index contributed by atoms with van der Waals surface area (Å²) in [6, 6.07) is 6.34. The Hall–Kier alpha value is -1.75.